The fourth-order valence-electron chi connectivity index (χ4n) is 2.68. The zero-order valence-electron chi connectivity index (χ0n) is 12.0. The average Bonchev–Trinajstić information content (AvgIpc) is 2.42. The minimum Gasteiger partial charge on any atom is -0.366 e. The SMILES string of the molecule is CCc1ncnc(NC2CCC(N(C)C)CC2)c1Cl. The monoisotopic (exact) mass is 282 g/mol. The Kier molecular flexibility index (Phi) is 4.99. The highest BCUT2D eigenvalue weighted by Crippen LogP contribution is 2.27. The maximum absolute atomic E-state index is 6.31. The van der Waals surface area contributed by atoms with Crippen LogP contribution in [0.25, 0.3) is 0 Å². The van der Waals surface area contributed by atoms with Gasteiger partial charge >= 0.3 is 0 Å². The molecule has 0 saturated heterocycles. The van der Waals surface area contributed by atoms with Gasteiger partial charge in [0, 0.05) is 12.1 Å². The van der Waals surface area contributed by atoms with E-state index in [9.17, 15) is 0 Å². The van der Waals surface area contributed by atoms with E-state index in [1.165, 1.54) is 25.7 Å². The highest BCUT2D eigenvalue weighted by molar-refractivity contribution is 6.33. The van der Waals surface area contributed by atoms with Gasteiger partial charge in [-0.05, 0) is 46.2 Å². The molecule has 0 aromatic carbocycles. The Morgan fingerprint density at radius 3 is 2.53 bits per heavy atom. The molecule has 1 heterocycles. The van der Waals surface area contributed by atoms with Crippen LogP contribution in [0, 0.1) is 0 Å². The topological polar surface area (TPSA) is 41.1 Å². The molecular weight excluding hydrogens is 260 g/mol. The first-order valence-corrected chi connectivity index (χ1v) is 7.42. The van der Waals surface area contributed by atoms with Crippen molar-refractivity contribution < 1.29 is 0 Å². The van der Waals surface area contributed by atoms with Crippen molar-refractivity contribution in [2.75, 3.05) is 19.4 Å². The molecular formula is C14H23ClN4. The van der Waals surface area contributed by atoms with Crippen molar-refractivity contribution in [2.24, 2.45) is 0 Å². The summed E-state index contributed by atoms with van der Waals surface area (Å²) in [7, 11) is 4.32. The van der Waals surface area contributed by atoms with E-state index < -0.39 is 0 Å². The van der Waals surface area contributed by atoms with Gasteiger partial charge in [-0.2, -0.15) is 0 Å². The molecule has 1 N–H and O–H groups in total. The second-order valence-electron chi connectivity index (χ2n) is 5.45. The molecule has 1 aromatic rings. The molecule has 19 heavy (non-hydrogen) atoms. The molecule has 0 radical (unpaired) electrons. The number of nitrogens with one attached hydrogen (secondary N) is 1. The summed E-state index contributed by atoms with van der Waals surface area (Å²) in [5.74, 6) is 0.793. The molecule has 1 aliphatic carbocycles. The van der Waals surface area contributed by atoms with Crippen molar-refractivity contribution in [3.8, 4) is 0 Å². The molecule has 106 valence electrons. The summed E-state index contributed by atoms with van der Waals surface area (Å²) in [6.45, 7) is 2.06. The molecule has 0 aliphatic heterocycles. The summed E-state index contributed by atoms with van der Waals surface area (Å²) in [4.78, 5) is 10.8. The van der Waals surface area contributed by atoms with Gasteiger partial charge in [0.05, 0.1) is 5.69 Å². The Hall–Kier alpha value is -0.870. The van der Waals surface area contributed by atoms with Gasteiger partial charge in [-0.15, -0.1) is 0 Å². The molecule has 1 fully saturated rings. The number of rotatable bonds is 4. The number of nitrogens with zero attached hydrogens (tertiary/aromatic N) is 3. The van der Waals surface area contributed by atoms with Crippen molar-refractivity contribution in [2.45, 2.75) is 51.1 Å². The molecule has 1 aromatic heterocycles. The summed E-state index contributed by atoms with van der Waals surface area (Å²) in [5, 5.41) is 4.16. The van der Waals surface area contributed by atoms with E-state index in [2.05, 4.69) is 41.2 Å². The molecule has 0 spiro atoms. The van der Waals surface area contributed by atoms with Crippen LogP contribution in [0.15, 0.2) is 6.33 Å². The van der Waals surface area contributed by atoms with Crippen molar-refractivity contribution >= 4 is 17.4 Å². The van der Waals surface area contributed by atoms with Crippen molar-refractivity contribution in [1.82, 2.24) is 14.9 Å². The predicted octanol–water partition coefficient (Wildman–Crippen LogP) is 2.98. The minimum atomic E-state index is 0.480. The maximum Gasteiger partial charge on any atom is 0.148 e. The van der Waals surface area contributed by atoms with Crippen molar-refractivity contribution in [1.29, 1.82) is 0 Å². The molecule has 1 saturated carbocycles. The van der Waals surface area contributed by atoms with Gasteiger partial charge < -0.3 is 10.2 Å². The van der Waals surface area contributed by atoms with Crippen LogP contribution in [-0.2, 0) is 6.42 Å². The third-order valence-electron chi connectivity index (χ3n) is 3.96. The third-order valence-corrected chi connectivity index (χ3v) is 4.36. The Balaban J connectivity index is 1.96. The van der Waals surface area contributed by atoms with Crippen LogP contribution in [0.3, 0.4) is 0 Å². The van der Waals surface area contributed by atoms with E-state index in [0.717, 1.165) is 17.9 Å². The van der Waals surface area contributed by atoms with E-state index >= 15 is 0 Å². The zero-order chi connectivity index (χ0) is 13.8. The van der Waals surface area contributed by atoms with E-state index in [-0.39, 0.29) is 0 Å². The number of aromatic nitrogens is 2. The summed E-state index contributed by atoms with van der Waals surface area (Å²) in [6, 6.07) is 1.19. The lowest BCUT2D eigenvalue weighted by molar-refractivity contribution is 0.221. The van der Waals surface area contributed by atoms with Gasteiger partial charge in [0.15, 0.2) is 0 Å². The van der Waals surface area contributed by atoms with Crippen molar-refractivity contribution in [3.63, 3.8) is 0 Å². The van der Waals surface area contributed by atoms with Gasteiger partial charge in [-0.3, -0.25) is 0 Å². The summed E-state index contributed by atoms with van der Waals surface area (Å²) in [5.41, 5.74) is 0.918. The fraction of sp³-hybridized carbons (Fsp3) is 0.714. The lowest BCUT2D eigenvalue weighted by atomic mass is 9.90. The molecule has 4 nitrogen and oxygen atoms in total. The Morgan fingerprint density at radius 2 is 1.95 bits per heavy atom. The van der Waals surface area contributed by atoms with E-state index in [0.29, 0.717) is 17.1 Å². The van der Waals surface area contributed by atoms with Crippen molar-refractivity contribution in [3.05, 3.63) is 17.0 Å². The van der Waals surface area contributed by atoms with Gasteiger partial charge in [-0.1, -0.05) is 18.5 Å². The standard InChI is InChI=1S/C14H23ClN4/c1-4-12-13(15)14(17-9-16-12)18-10-5-7-11(8-6-10)19(2)3/h9-11H,4-8H2,1-3H3,(H,16,17,18). The van der Waals surface area contributed by atoms with E-state index in [4.69, 9.17) is 11.6 Å². The molecule has 0 atom stereocenters. The van der Waals surface area contributed by atoms with E-state index in [1.54, 1.807) is 6.33 Å². The largest absolute Gasteiger partial charge is 0.366 e. The second-order valence-corrected chi connectivity index (χ2v) is 5.83. The number of hydrogen-bond acceptors (Lipinski definition) is 4. The highest BCUT2D eigenvalue weighted by Gasteiger charge is 2.23. The second kappa shape index (κ2) is 6.53. The van der Waals surface area contributed by atoms with Gasteiger partial charge in [0.2, 0.25) is 0 Å². The number of aryl methyl sites for hydroxylation is 1. The van der Waals surface area contributed by atoms with Crippen LogP contribution in [-0.4, -0.2) is 41.0 Å². The van der Waals surface area contributed by atoms with Gasteiger partial charge in [-0.25, -0.2) is 9.97 Å². The van der Waals surface area contributed by atoms with Crippen LogP contribution < -0.4 is 5.32 Å². The Morgan fingerprint density at radius 1 is 1.26 bits per heavy atom. The van der Waals surface area contributed by atoms with Crippen LogP contribution >= 0.6 is 11.6 Å². The summed E-state index contributed by atoms with van der Waals surface area (Å²) >= 11 is 6.31. The number of anilines is 1. The van der Waals surface area contributed by atoms with Crippen LogP contribution in [0.1, 0.15) is 38.3 Å². The third kappa shape index (κ3) is 3.57. The lowest BCUT2D eigenvalue weighted by Gasteiger charge is -2.33. The average molecular weight is 283 g/mol. The molecule has 5 heteroatoms. The van der Waals surface area contributed by atoms with Gasteiger partial charge in [0.25, 0.3) is 0 Å². The molecule has 1 aliphatic rings. The normalized spacial score (nSPS) is 23.6. The first-order valence-electron chi connectivity index (χ1n) is 7.04. The number of halogens is 1. The van der Waals surface area contributed by atoms with E-state index in [1.807, 2.05) is 0 Å². The zero-order valence-corrected chi connectivity index (χ0v) is 12.7. The van der Waals surface area contributed by atoms with Crippen LogP contribution in [0.5, 0.6) is 0 Å². The highest BCUT2D eigenvalue weighted by atomic mass is 35.5. The first kappa shape index (κ1) is 14.5. The molecule has 0 amide bonds. The fourth-order valence-corrected chi connectivity index (χ4v) is 2.97. The van der Waals surface area contributed by atoms with Gasteiger partial charge in [0.1, 0.15) is 17.2 Å². The maximum atomic E-state index is 6.31. The Bertz CT molecular complexity index is 414. The molecule has 2 rings (SSSR count). The predicted molar refractivity (Wildman–Crippen MR) is 79.8 cm³/mol. The smallest absolute Gasteiger partial charge is 0.148 e. The molecule has 0 bridgehead atoms. The van der Waals surface area contributed by atoms with Crippen LogP contribution in [0.2, 0.25) is 5.02 Å². The minimum absolute atomic E-state index is 0.480. The summed E-state index contributed by atoms with van der Waals surface area (Å²) in [6.07, 6.45) is 7.24. The first-order chi connectivity index (χ1) is 9.11. The number of hydrogen-bond donors (Lipinski definition) is 1. The quantitative estimate of drug-likeness (QED) is 0.922. The van der Waals surface area contributed by atoms with Crippen LogP contribution in [0.4, 0.5) is 5.82 Å². The Labute approximate surface area is 120 Å². The summed E-state index contributed by atoms with van der Waals surface area (Å²) < 4.78 is 0. The molecule has 0 unspecified atom stereocenters. The lowest BCUT2D eigenvalue weighted by Crippen LogP contribution is -2.36.